The predicted octanol–water partition coefficient (Wildman–Crippen LogP) is 8.46. The van der Waals surface area contributed by atoms with Gasteiger partial charge < -0.3 is 9.13 Å². The minimum Gasteiger partial charge on any atom is -0.327 e. The summed E-state index contributed by atoms with van der Waals surface area (Å²) in [5, 5.41) is 2.39. The fourth-order valence-corrected chi connectivity index (χ4v) is 5.89. The maximum absolute atomic E-state index is 4.99. The number of pyridine rings is 2. The molecule has 0 amide bonds. The van der Waals surface area contributed by atoms with Crippen molar-refractivity contribution in [1.29, 1.82) is 0 Å². The molecule has 0 N–H and O–H groups in total. The van der Waals surface area contributed by atoms with Gasteiger partial charge in [0.15, 0.2) is 0 Å². The Kier molecular flexibility index (Phi) is 5.28. The van der Waals surface area contributed by atoms with Gasteiger partial charge in [0.2, 0.25) is 0 Å². The van der Waals surface area contributed by atoms with Crippen molar-refractivity contribution in [2.45, 2.75) is 0 Å². The molecule has 0 saturated heterocycles. The predicted molar refractivity (Wildman–Crippen MR) is 167 cm³/mol. The zero-order valence-electron chi connectivity index (χ0n) is 22.4. The number of para-hydroxylation sites is 2. The van der Waals surface area contributed by atoms with Gasteiger partial charge in [-0.25, -0.2) is 4.98 Å². The molecule has 8 rings (SSSR count). The first kappa shape index (κ1) is 23.3. The Bertz CT molecular complexity index is 2210. The lowest BCUT2D eigenvalue weighted by Gasteiger charge is -2.11. The number of hydrogen-bond acceptors (Lipinski definition) is 3. The Morgan fingerprint density at radius 1 is 0.561 bits per heavy atom. The molecule has 5 nitrogen and oxygen atoms in total. The van der Waals surface area contributed by atoms with Crippen molar-refractivity contribution in [2.75, 3.05) is 0 Å². The summed E-state index contributed by atoms with van der Waals surface area (Å²) >= 11 is 0. The van der Waals surface area contributed by atoms with Crippen LogP contribution in [-0.4, -0.2) is 24.1 Å². The van der Waals surface area contributed by atoms with E-state index in [0.29, 0.717) is 0 Å². The monoisotopic (exact) mass is 527 g/mol. The fourth-order valence-electron chi connectivity index (χ4n) is 5.89. The Hall–Kier alpha value is -5.55. The van der Waals surface area contributed by atoms with Gasteiger partial charge in [0, 0.05) is 58.8 Å². The first-order valence-electron chi connectivity index (χ1n) is 13.7. The van der Waals surface area contributed by atoms with Crippen molar-refractivity contribution < 1.29 is 0 Å². The molecule has 5 heteroatoms. The van der Waals surface area contributed by atoms with Crippen LogP contribution in [0.4, 0.5) is 0 Å². The van der Waals surface area contributed by atoms with E-state index in [1.165, 1.54) is 10.8 Å². The second-order valence-corrected chi connectivity index (χ2v) is 10.3. The van der Waals surface area contributed by atoms with E-state index in [4.69, 9.17) is 4.98 Å². The van der Waals surface area contributed by atoms with E-state index < -0.39 is 0 Å². The quantitative estimate of drug-likeness (QED) is 0.231. The molecule has 4 aromatic carbocycles. The number of nitrogens with zero attached hydrogens (tertiary/aromatic N) is 5. The Morgan fingerprint density at radius 2 is 1.44 bits per heavy atom. The van der Waals surface area contributed by atoms with Crippen LogP contribution in [0.3, 0.4) is 0 Å². The third-order valence-corrected chi connectivity index (χ3v) is 7.87. The largest absolute Gasteiger partial charge is 0.327 e. The van der Waals surface area contributed by atoms with Gasteiger partial charge in [-0.15, -0.1) is 0 Å². The molecule has 41 heavy (non-hydrogen) atoms. The summed E-state index contributed by atoms with van der Waals surface area (Å²) < 4.78 is 4.53. The molecule has 4 heterocycles. The molecule has 0 atom stereocenters. The molecule has 0 bridgehead atoms. The van der Waals surface area contributed by atoms with Crippen molar-refractivity contribution in [2.24, 2.45) is 7.05 Å². The van der Waals surface area contributed by atoms with Crippen LogP contribution in [0.25, 0.3) is 72.3 Å². The highest BCUT2D eigenvalue weighted by Crippen LogP contribution is 2.37. The summed E-state index contributed by atoms with van der Waals surface area (Å²) in [5.74, 6) is 0.947. The van der Waals surface area contributed by atoms with Crippen LogP contribution in [0.1, 0.15) is 0 Å². The lowest BCUT2D eigenvalue weighted by atomic mass is 10.0. The van der Waals surface area contributed by atoms with E-state index in [1.54, 1.807) is 0 Å². The van der Waals surface area contributed by atoms with Crippen molar-refractivity contribution in [3.05, 3.63) is 134 Å². The van der Waals surface area contributed by atoms with E-state index in [9.17, 15) is 0 Å². The second kappa shape index (κ2) is 9.28. The van der Waals surface area contributed by atoms with Crippen molar-refractivity contribution in [3.8, 4) is 39.5 Å². The average Bonchev–Trinajstić information content (AvgIpc) is 3.56. The molecular formula is C36H25N5. The molecule has 4 aromatic heterocycles. The molecule has 0 spiro atoms. The van der Waals surface area contributed by atoms with Gasteiger partial charge in [0.25, 0.3) is 0 Å². The van der Waals surface area contributed by atoms with Crippen LogP contribution < -0.4 is 0 Å². The van der Waals surface area contributed by atoms with E-state index in [2.05, 4.69) is 117 Å². The summed E-state index contributed by atoms with van der Waals surface area (Å²) in [5.41, 5.74) is 10.8. The molecule has 0 radical (unpaired) electrons. The fraction of sp³-hybridized carbons (Fsp3) is 0.0278. The van der Waals surface area contributed by atoms with Gasteiger partial charge in [-0.1, -0.05) is 54.6 Å². The minimum absolute atomic E-state index is 0.947. The highest BCUT2D eigenvalue weighted by atomic mass is 15.1. The summed E-state index contributed by atoms with van der Waals surface area (Å²) in [6.45, 7) is 0. The first-order valence-corrected chi connectivity index (χ1v) is 13.7. The highest BCUT2D eigenvalue weighted by Gasteiger charge is 2.17. The van der Waals surface area contributed by atoms with Crippen LogP contribution >= 0.6 is 0 Å². The van der Waals surface area contributed by atoms with Gasteiger partial charge in [0.05, 0.1) is 27.8 Å². The average molecular weight is 528 g/mol. The number of imidazole rings is 1. The molecular weight excluding hydrogens is 502 g/mol. The number of rotatable bonds is 4. The molecule has 0 aliphatic heterocycles. The first-order chi connectivity index (χ1) is 20.2. The highest BCUT2D eigenvalue weighted by molar-refractivity contribution is 6.11. The van der Waals surface area contributed by atoms with Crippen LogP contribution in [-0.2, 0) is 7.05 Å². The number of benzene rings is 4. The zero-order valence-corrected chi connectivity index (χ0v) is 22.4. The van der Waals surface area contributed by atoms with E-state index in [1.807, 2.05) is 42.9 Å². The van der Waals surface area contributed by atoms with Crippen LogP contribution in [0, 0.1) is 0 Å². The summed E-state index contributed by atoms with van der Waals surface area (Å²) in [6.07, 6.45) is 5.57. The zero-order chi connectivity index (χ0) is 27.3. The molecule has 0 saturated carbocycles. The molecule has 8 aromatic rings. The van der Waals surface area contributed by atoms with Gasteiger partial charge >= 0.3 is 0 Å². The maximum atomic E-state index is 4.99. The van der Waals surface area contributed by atoms with Crippen LogP contribution in [0.15, 0.2) is 134 Å². The SMILES string of the molecule is Cn1c(-c2ccc3c4cc(-c5cccnc5)ccc4n(-c4cccc(-c5ccccn5)c4)c3c2)nc2ccccc21. The number of aromatic nitrogens is 5. The van der Waals surface area contributed by atoms with Crippen LogP contribution in [0.2, 0.25) is 0 Å². The van der Waals surface area contributed by atoms with Gasteiger partial charge in [-0.05, 0) is 66.2 Å². The number of aryl methyl sites for hydroxylation is 1. The van der Waals surface area contributed by atoms with E-state index in [0.717, 1.165) is 61.5 Å². The van der Waals surface area contributed by atoms with E-state index in [-0.39, 0.29) is 0 Å². The lowest BCUT2D eigenvalue weighted by molar-refractivity contribution is 0.959. The van der Waals surface area contributed by atoms with Crippen LogP contribution in [0.5, 0.6) is 0 Å². The topological polar surface area (TPSA) is 48.5 Å². The molecule has 0 fully saturated rings. The smallest absolute Gasteiger partial charge is 0.140 e. The summed E-state index contributed by atoms with van der Waals surface area (Å²) in [6, 6.07) is 40.4. The normalized spacial score (nSPS) is 11.5. The third kappa shape index (κ3) is 3.82. The molecule has 0 aliphatic carbocycles. The molecule has 0 aliphatic rings. The maximum Gasteiger partial charge on any atom is 0.140 e. The third-order valence-electron chi connectivity index (χ3n) is 7.87. The summed E-state index contributed by atoms with van der Waals surface area (Å²) in [7, 11) is 2.08. The lowest BCUT2D eigenvalue weighted by Crippen LogP contribution is -1.96. The van der Waals surface area contributed by atoms with Gasteiger partial charge in [-0.2, -0.15) is 0 Å². The summed E-state index contributed by atoms with van der Waals surface area (Å²) in [4.78, 5) is 13.9. The van der Waals surface area contributed by atoms with E-state index >= 15 is 0 Å². The van der Waals surface area contributed by atoms with Gasteiger partial charge in [0.1, 0.15) is 5.82 Å². The molecule has 194 valence electrons. The number of hydrogen-bond donors (Lipinski definition) is 0. The Balaban J connectivity index is 1.40. The van der Waals surface area contributed by atoms with Crippen molar-refractivity contribution in [3.63, 3.8) is 0 Å². The second-order valence-electron chi connectivity index (χ2n) is 10.3. The standard InChI is InChI=1S/C36H25N5/c1-40-34-13-3-2-12-32(34)39-36(40)26-14-16-29-30-21-24(27-9-7-18-37-23-27)15-17-33(30)41(35(29)22-26)28-10-6-8-25(20-28)31-11-4-5-19-38-31/h2-23H,1H3. The Labute approximate surface area is 237 Å². The Morgan fingerprint density at radius 3 is 2.29 bits per heavy atom. The van der Waals surface area contributed by atoms with Crippen molar-refractivity contribution >= 4 is 32.8 Å². The van der Waals surface area contributed by atoms with Crippen molar-refractivity contribution in [1.82, 2.24) is 24.1 Å². The number of fused-ring (bicyclic) bond motifs is 4. The molecule has 0 unspecified atom stereocenters. The van der Waals surface area contributed by atoms with Gasteiger partial charge in [-0.3, -0.25) is 9.97 Å². The minimum atomic E-state index is 0.947.